The molecule has 9 rings (SSSR count). The zero-order valence-electron chi connectivity index (χ0n) is 31.6. The highest BCUT2D eigenvalue weighted by atomic mass is 16.1. The summed E-state index contributed by atoms with van der Waals surface area (Å²) in [5.74, 6) is 0.568. The first-order valence-corrected chi connectivity index (χ1v) is 19.3. The van der Waals surface area contributed by atoms with Crippen LogP contribution >= 0.6 is 0 Å². The van der Waals surface area contributed by atoms with Crippen LogP contribution in [0.3, 0.4) is 0 Å². The molecule has 6 heteroatoms. The lowest BCUT2D eigenvalue weighted by Gasteiger charge is -2.38. The minimum Gasteiger partial charge on any atom is -0.353 e. The maximum atomic E-state index is 12.5. The predicted molar refractivity (Wildman–Crippen MR) is 232 cm³/mol. The first kappa shape index (κ1) is 36.0. The van der Waals surface area contributed by atoms with Crippen molar-refractivity contribution in [2.75, 3.05) is 5.32 Å². The zero-order chi connectivity index (χ0) is 39.2. The maximum absolute atomic E-state index is 12.5. The molecule has 58 heavy (non-hydrogen) atoms. The smallest absolute Gasteiger partial charge is 0.182 e. The number of fused-ring (bicyclic) bond motifs is 1. The van der Waals surface area contributed by atoms with E-state index in [2.05, 4.69) is 151 Å². The Labute approximate surface area is 337 Å². The summed E-state index contributed by atoms with van der Waals surface area (Å²) in [7, 11) is 0. The number of carbonyl (C=O) groups excluding carboxylic acids is 1. The third-order valence-corrected chi connectivity index (χ3v) is 10.8. The molecule has 2 aromatic heterocycles. The van der Waals surface area contributed by atoms with Crippen LogP contribution in [0.1, 0.15) is 44.5 Å². The summed E-state index contributed by atoms with van der Waals surface area (Å²) >= 11 is 0. The Balaban J connectivity index is 1.41. The molecule has 9 aromatic rings. The highest BCUT2D eigenvalue weighted by molar-refractivity contribution is 5.98. The molecule has 0 aliphatic heterocycles. The Morgan fingerprint density at radius 2 is 0.879 bits per heavy atom. The summed E-state index contributed by atoms with van der Waals surface area (Å²) in [6, 6.07) is 74.4. The molecule has 2 heterocycles. The van der Waals surface area contributed by atoms with Gasteiger partial charge in [-0.2, -0.15) is 0 Å². The van der Waals surface area contributed by atoms with Gasteiger partial charge in [-0.15, -0.1) is 5.10 Å². The van der Waals surface area contributed by atoms with Crippen molar-refractivity contribution >= 4 is 28.8 Å². The van der Waals surface area contributed by atoms with E-state index in [1.165, 1.54) is 0 Å². The van der Waals surface area contributed by atoms with Gasteiger partial charge in [-0.1, -0.05) is 218 Å². The molecule has 0 aliphatic carbocycles. The van der Waals surface area contributed by atoms with Gasteiger partial charge in [0, 0.05) is 5.56 Å². The van der Waals surface area contributed by atoms with Gasteiger partial charge in [-0.25, -0.2) is 9.67 Å². The fraction of sp³-hybridized carbons (Fsp3) is 0.0385. The van der Waals surface area contributed by atoms with Crippen LogP contribution in [0.2, 0.25) is 0 Å². The predicted octanol–water partition coefficient (Wildman–Crippen LogP) is 10.7. The number of nitrogens with one attached hydrogen (secondary N) is 1. The third-order valence-electron chi connectivity index (χ3n) is 10.8. The first-order valence-electron chi connectivity index (χ1n) is 19.3. The Morgan fingerprint density at radius 3 is 1.28 bits per heavy atom. The van der Waals surface area contributed by atoms with Crippen LogP contribution in [-0.4, -0.2) is 26.3 Å². The van der Waals surface area contributed by atoms with Gasteiger partial charge >= 0.3 is 0 Å². The van der Waals surface area contributed by atoms with E-state index >= 15 is 0 Å². The molecule has 278 valence electrons. The number of aromatic nitrogens is 4. The number of aldehydes is 1. The molecule has 0 spiro atoms. The van der Waals surface area contributed by atoms with Gasteiger partial charge < -0.3 is 5.32 Å². The minimum atomic E-state index is -1.00. The zero-order valence-corrected chi connectivity index (χ0v) is 31.6. The molecule has 0 unspecified atom stereocenters. The SMILES string of the molecule is O=C/C=C(/c1ccccc1)c1cc(NC(c2ccccc2)(c2ccccc2)c2ccccc2)nc2c1nnn2C(c1ccccc1)(c1ccccc1)c1ccccc1. The average Bonchev–Trinajstić information content (AvgIpc) is 3.74. The van der Waals surface area contributed by atoms with E-state index in [9.17, 15) is 4.79 Å². The number of carbonyl (C=O) groups is 1. The van der Waals surface area contributed by atoms with E-state index in [0.717, 1.165) is 45.2 Å². The standard InChI is InChI=1S/C52H39N5O/c58-37-36-46(39-22-8-1-9-23-39)47-38-48(54-51(40-24-10-2-11-25-40,41-26-12-3-13-27-41)42-28-14-4-15-29-42)53-50-49(47)55-56-57(50)52(43-30-16-5-17-31-43,44-32-18-6-19-33-44)45-34-20-7-21-35-45/h1-38H,(H,53,54)/b46-36-. The summed E-state index contributed by atoms with van der Waals surface area (Å²) in [5.41, 5.74) is 7.52. The Kier molecular flexibility index (Phi) is 9.80. The van der Waals surface area contributed by atoms with Crippen molar-refractivity contribution in [2.45, 2.75) is 11.1 Å². The minimum absolute atomic E-state index is 0.535. The topological polar surface area (TPSA) is 72.7 Å². The number of allylic oxidation sites excluding steroid dienone is 1. The number of nitrogens with zero attached hydrogens (tertiary/aromatic N) is 4. The summed E-state index contributed by atoms with van der Waals surface area (Å²) in [4.78, 5) is 18.1. The fourth-order valence-corrected chi connectivity index (χ4v) is 8.30. The van der Waals surface area contributed by atoms with Crippen LogP contribution in [0, 0.1) is 0 Å². The van der Waals surface area contributed by atoms with E-state index in [4.69, 9.17) is 15.3 Å². The highest BCUT2D eigenvalue weighted by Crippen LogP contribution is 2.44. The molecular weight excluding hydrogens is 711 g/mol. The largest absolute Gasteiger partial charge is 0.353 e. The molecule has 0 amide bonds. The molecule has 0 bridgehead atoms. The molecule has 0 saturated carbocycles. The van der Waals surface area contributed by atoms with Crippen LogP contribution in [0.25, 0.3) is 16.7 Å². The molecule has 0 aliphatic rings. The lowest BCUT2D eigenvalue weighted by Crippen LogP contribution is -2.39. The van der Waals surface area contributed by atoms with E-state index in [1.807, 2.05) is 77.5 Å². The van der Waals surface area contributed by atoms with Gasteiger partial charge in [0.1, 0.15) is 28.7 Å². The second-order valence-electron chi connectivity index (χ2n) is 14.1. The number of pyridine rings is 1. The van der Waals surface area contributed by atoms with Gasteiger partial charge in [0.15, 0.2) is 5.65 Å². The molecule has 1 N–H and O–H groups in total. The Bertz CT molecular complexity index is 2600. The Hall–Kier alpha value is -7.70. The molecular formula is C52H39N5O. The van der Waals surface area contributed by atoms with E-state index in [1.54, 1.807) is 6.08 Å². The second-order valence-corrected chi connectivity index (χ2v) is 14.1. The monoisotopic (exact) mass is 749 g/mol. The van der Waals surface area contributed by atoms with E-state index in [0.29, 0.717) is 28.1 Å². The van der Waals surface area contributed by atoms with Gasteiger partial charge in [-0.3, -0.25) is 4.79 Å². The van der Waals surface area contributed by atoms with Crippen LogP contribution in [-0.2, 0) is 15.9 Å². The molecule has 0 atom stereocenters. The number of benzene rings is 7. The highest BCUT2D eigenvalue weighted by Gasteiger charge is 2.42. The quantitative estimate of drug-likeness (QED) is 0.0765. The summed E-state index contributed by atoms with van der Waals surface area (Å²) < 4.78 is 1.95. The fourth-order valence-electron chi connectivity index (χ4n) is 8.30. The van der Waals surface area contributed by atoms with Gasteiger partial charge in [-0.05, 0) is 56.7 Å². The lowest BCUT2D eigenvalue weighted by molar-refractivity contribution is -0.104. The van der Waals surface area contributed by atoms with Crippen molar-refractivity contribution in [1.82, 2.24) is 20.0 Å². The van der Waals surface area contributed by atoms with Gasteiger partial charge in [0.2, 0.25) is 0 Å². The van der Waals surface area contributed by atoms with Gasteiger partial charge in [0.05, 0.1) is 0 Å². The Morgan fingerprint density at radius 1 is 0.500 bits per heavy atom. The van der Waals surface area contributed by atoms with Crippen LogP contribution in [0.15, 0.2) is 224 Å². The van der Waals surface area contributed by atoms with Crippen molar-refractivity contribution < 1.29 is 4.79 Å². The summed E-state index contributed by atoms with van der Waals surface area (Å²) in [5, 5.41) is 14.0. The first-order chi connectivity index (χ1) is 28.7. The van der Waals surface area contributed by atoms with Crippen molar-refractivity contribution in [2.24, 2.45) is 0 Å². The summed E-state index contributed by atoms with van der Waals surface area (Å²) in [6.07, 6.45) is 2.43. The number of anilines is 1. The number of hydrogen-bond donors (Lipinski definition) is 1. The third kappa shape index (κ3) is 6.27. The molecule has 0 saturated heterocycles. The average molecular weight is 750 g/mol. The van der Waals surface area contributed by atoms with Crippen molar-refractivity contribution in [3.05, 3.63) is 269 Å². The molecule has 0 fully saturated rings. The molecule has 0 radical (unpaired) electrons. The normalized spacial score (nSPS) is 12.0. The van der Waals surface area contributed by atoms with E-state index in [-0.39, 0.29) is 0 Å². The van der Waals surface area contributed by atoms with Crippen LogP contribution in [0.4, 0.5) is 5.82 Å². The summed E-state index contributed by atoms with van der Waals surface area (Å²) in [6.45, 7) is 0. The number of rotatable bonds is 12. The second kappa shape index (κ2) is 15.8. The molecule has 7 aromatic carbocycles. The molecule has 6 nitrogen and oxygen atoms in total. The van der Waals surface area contributed by atoms with Crippen LogP contribution < -0.4 is 5.32 Å². The lowest BCUT2D eigenvalue weighted by atomic mass is 9.77. The van der Waals surface area contributed by atoms with Crippen molar-refractivity contribution in [1.29, 1.82) is 0 Å². The van der Waals surface area contributed by atoms with Crippen molar-refractivity contribution in [3.8, 4) is 0 Å². The maximum Gasteiger partial charge on any atom is 0.182 e. The van der Waals surface area contributed by atoms with Gasteiger partial charge in [0.25, 0.3) is 0 Å². The van der Waals surface area contributed by atoms with Crippen molar-refractivity contribution in [3.63, 3.8) is 0 Å². The van der Waals surface area contributed by atoms with E-state index < -0.39 is 11.1 Å². The number of hydrogen-bond acceptors (Lipinski definition) is 5. The van der Waals surface area contributed by atoms with Crippen LogP contribution in [0.5, 0.6) is 0 Å².